The van der Waals surface area contributed by atoms with Crippen LogP contribution in [0.2, 0.25) is 0 Å². The molecule has 0 radical (unpaired) electrons. The van der Waals surface area contributed by atoms with Crippen molar-refractivity contribution >= 4 is 17.0 Å². The number of aromatic nitrogens is 3. The van der Waals surface area contributed by atoms with E-state index in [-0.39, 0.29) is 23.8 Å². The van der Waals surface area contributed by atoms with E-state index in [0.29, 0.717) is 5.95 Å². The minimum absolute atomic E-state index is 0.0604. The number of nitrogens with zero attached hydrogens (tertiary/aromatic N) is 4. The van der Waals surface area contributed by atoms with Crippen LogP contribution >= 0.6 is 0 Å². The maximum atomic E-state index is 12.7. The first kappa shape index (κ1) is 16.5. The molecule has 1 aliphatic heterocycles. The molecule has 1 saturated heterocycles. The number of fused-ring (bicyclic) bond motifs is 1. The zero-order valence-corrected chi connectivity index (χ0v) is 15.2. The van der Waals surface area contributed by atoms with E-state index >= 15 is 0 Å². The molecule has 0 N–H and O–H groups in total. The van der Waals surface area contributed by atoms with Gasteiger partial charge in [0.05, 0.1) is 12.2 Å². The van der Waals surface area contributed by atoms with Gasteiger partial charge in [-0.05, 0) is 39.2 Å². The number of morpholine rings is 1. The lowest BCUT2D eigenvalue weighted by Crippen LogP contribution is -2.46. The molecule has 25 heavy (non-hydrogen) atoms. The highest BCUT2D eigenvalue weighted by atomic mass is 16.5. The molecule has 0 aromatic carbocycles. The van der Waals surface area contributed by atoms with Crippen LogP contribution in [-0.4, -0.2) is 39.8 Å². The van der Waals surface area contributed by atoms with E-state index in [2.05, 4.69) is 23.7 Å². The number of anilines is 1. The van der Waals surface area contributed by atoms with Gasteiger partial charge in [-0.15, -0.1) is 0 Å². The van der Waals surface area contributed by atoms with Crippen LogP contribution in [0, 0.1) is 6.92 Å². The van der Waals surface area contributed by atoms with Crippen molar-refractivity contribution in [1.29, 1.82) is 0 Å². The monoisotopic (exact) mass is 342 g/mol. The maximum absolute atomic E-state index is 12.7. The van der Waals surface area contributed by atoms with Gasteiger partial charge in [-0.2, -0.15) is 4.98 Å². The summed E-state index contributed by atoms with van der Waals surface area (Å²) in [5.74, 6) is 0.700. The lowest BCUT2D eigenvalue weighted by atomic mass is 10.1. The first-order valence-electron chi connectivity index (χ1n) is 9.32. The third-order valence-corrected chi connectivity index (χ3v) is 5.38. The summed E-state index contributed by atoms with van der Waals surface area (Å²) in [4.78, 5) is 24.3. The van der Waals surface area contributed by atoms with E-state index in [0.717, 1.165) is 42.5 Å². The maximum Gasteiger partial charge on any atom is 0.252 e. The predicted octanol–water partition coefficient (Wildman–Crippen LogP) is 2.83. The number of hydrogen-bond donors (Lipinski definition) is 0. The van der Waals surface area contributed by atoms with Gasteiger partial charge in [0.1, 0.15) is 5.65 Å². The van der Waals surface area contributed by atoms with Crippen LogP contribution in [0.25, 0.3) is 11.0 Å². The van der Waals surface area contributed by atoms with Crippen LogP contribution < -0.4 is 10.5 Å². The summed E-state index contributed by atoms with van der Waals surface area (Å²) < 4.78 is 7.73. The summed E-state index contributed by atoms with van der Waals surface area (Å²) in [6, 6.07) is 1.99. The van der Waals surface area contributed by atoms with E-state index in [9.17, 15) is 4.79 Å². The molecule has 0 spiro atoms. The molecule has 6 heteroatoms. The number of hydrogen-bond acceptors (Lipinski definition) is 5. The molecule has 0 amide bonds. The second-order valence-corrected chi connectivity index (χ2v) is 7.54. The molecule has 3 heterocycles. The van der Waals surface area contributed by atoms with Gasteiger partial charge in [0.25, 0.3) is 5.56 Å². The number of rotatable bonds is 2. The van der Waals surface area contributed by atoms with Crippen molar-refractivity contribution < 1.29 is 4.74 Å². The molecule has 0 bridgehead atoms. The normalized spacial score (nSPS) is 25.0. The van der Waals surface area contributed by atoms with E-state index in [1.165, 1.54) is 12.8 Å². The van der Waals surface area contributed by atoms with Crippen LogP contribution in [0.15, 0.2) is 17.1 Å². The van der Waals surface area contributed by atoms with Gasteiger partial charge in [-0.25, -0.2) is 4.98 Å². The highest BCUT2D eigenvalue weighted by Crippen LogP contribution is 2.31. The Balaban J connectivity index is 1.83. The van der Waals surface area contributed by atoms with E-state index in [1.54, 1.807) is 6.07 Å². The Labute approximate surface area is 147 Å². The number of ether oxygens (including phenoxy) is 1. The average molecular weight is 342 g/mol. The summed E-state index contributed by atoms with van der Waals surface area (Å²) in [6.45, 7) is 7.65. The Morgan fingerprint density at radius 3 is 2.52 bits per heavy atom. The standard InChI is InChI=1S/C19H26N4O2/c1-12-8-17(24)23(15-6-4-5-7-15)18-16(12)9-20-19(21-18)22-10-13(2)25-14(3)11-22/h8-9,13-15H,4-7,10-11H2,1-3H3. The van der Waals surface area contributed by atoms with Crippen molar-refractivity contribution in [2.45, 2.75) is 64.7 Å². The van der Waals surface area contributed by atoms with Gasteiger partial charge in [0, 0.05) is 36.8 Å². The first-order chi connectivity index (χ1) is 12.0. The lowest BCUT2D eigenvalue weighted by molar-refractivity contribution is -0.00570. The fourth-order valence-electron chi connectivity index (χ4n) is 4.27. The van der Waals surface area contributed by atoms with Gasteiger partial charge >= 0.3 is 0 Å². The minimum Gasteiger partial charge on any atom is -0.372 e. The van der Waals surface area contributed by atoms with Crippen molar-refractivity contribution in [1.82, 2.24) is 14.5 Å². The van der Waals surface area contributed by atoms with Crippen LogP contribution in [0.3, 0.4) is 0 Å². The molecular weight excluding hydrogens is 316 g/mol. The Morgan fingerprint density at radius 2 is 1.84 bits per heavy atom. The zero-order chi connectivity index (χ0) is 17.6. The smallest absolute Gasteiger partial charge is 0.252 e. The number of aryl methyl sites for hydroxylation is 1. The largest absolute Gasteiger partial charge is 0.372 e. The second kappa shape index (κ2) is 6.41. The van der Waals surface area contributed by atoms with Crippen molar-refractivity contribution in [2.75, 3.05) is 18.0 Å². The number of pyridine rings is 1. The van der Waals surface area contributed by atoms with Crippen LogP contribution in [0.5, 0.6) is 0 Å². The molecule has 1 saturated carbocycles. The summed E-state index contributed by atoms with van der Waals surface area (Å²) in [5.41, 5.74) is 1.79. The Kier molecular flexibility index (Phi) is 4.23. The fourth-order valence-corrected chi connectivity index (χ4v) is 4.27. The van der Waals surface area contributed by atoms with E-state index in [1.807, 2.05) is 17.7 Å². The summed E-state index contributed by atoms with van der Waals surface area (Å²) in [6.07, 6.45) is 6.66. The van der Waals surface area contributed by atoms with Gasteiger partial charge in [0.15, 0.2) is 0 Å². The molecular formula is C19H26N4O2. The van der Waals surface area contributed by atoms with Crippen molar-refractivity contribution in [2.24, 2.45) is 0 Å². The summed E-state index contributed by atoms with van der Waals surface area (Å²) in [7, 11) is 0. The molecule has 2 aromatic heterocycles. The minimum atomic E-state index is 0.0604. The fraction of sp³-hybridized carbons (Fsp3) is 0.632. The molecule has 1 aliphatic carbocycles. The Morgan fingerprint density at radius 1 is 1.16 bits per heavy atom. The van der Waals surface area contributed by atoms with Gasteiger partial charge < -0.3 is 9.64 Å². The molecule has 2 atom stereocenters. The van der Waals surface area contributed by atoms with Crippen LogP contribution in [-0.2, 0) is 4.74 Å². The SMILES string of the molecule is Cc1cc(=O)n(C2CCCC2)c2nc(N3CC(C)OC(C)C3)ncc12. The molecule has 6 nitrogen and oxygen atoms in total. The van der Waals surface area contributed by atoms with Crippen LogP contribution in [0.1, 0.15) is 51.1 Å². The van der Waals surface area contributed by atoms with E-state index < -0.39 is 0 Å². The van der Waals surface area contributed by atoms with Gasteiger partial charge in [-0.1, -0.05) is 12.8 Å². The Bertz CT molecular complexity index is 831. The average Bonchev–Trinajstić information content (AvgIpc) is 3.07. The molecule has 2 unspecified atom stereocenters. The summed E-state index contributed by atoms with van der Waals surface area (Å²) in [5, 5.41) is 0.976. The van der Waals surface area contributed by atoms with E-state index in [4.69, 9.17) is 9.72 Å². The van der Waals surface area contributed by atoms with Crippen molar-refractivity contribution in [3.05, 3.63) is 28.2 Å². The zero-order valence-electron chi connectivity index (χ0n) is 15.2. The highest BCUT2D eigenvalue weighted by Gasteiger charge is 2.26. The van der Waals surface area contributed by atoms with Crippen molar-refractivity contribution in [3.8, 4) is 0 Å². The van der Waals surface area contributed by atoms with Gasteiger partial charge in [0.2, 0.25) is 5.95 Å². The second-order valence-electron chi connectivity index (χ2n) is 7.54. The quantitative estimate of drug-likeness (QED) is 0.840. The van der Waals surface area contributed by atoms with Gasteiger partial charge in [-0.3, -0.25) is 9.36 Å². The highest BCUT2D eigenvalue weighted by molar-refractivity contribution is 5.79. The molecule has 2 fully saturated rings. The third-order valence-electron chi connectivity index (χ3n) is 5.38. The topological polar surface area (TPSA) is 60.2 Å². The third kappa shape index (κ3) is 3.03. The van der Waals surface area contributed by atoms with Crippen LogP contribution in [0.4, 0.5) is 5.95 Å². The summed E-state index contributed by atoms with van der Waals surface area (Å²) >= 11 is 0. The van der Waals surface area contributed by atoms with Crippen molar-refractivity contribution in [3.63, 3.8) is 0 Å². The predicted molar refractivity (Wildman–Crippen MR) is 98.3 cm³/mol. The molecule has 4 rings (SSSR count). The lowest BCUT2D eigenvalue weighted by Gasteiger charge is -2.35. The molecule has 134 valence electrons. The first-order valence-corrected chi connectivity index (χ1v) is 9.32. The Hall–Kier alpha value is -1.95. The molecule has 2 aliphatic rings. The molecule has 2 aromatic rings.